The lowest BCUT2D eigenvalue weighted by atomic mass is 10.00. The van der Waals surface area contributed by atoms with Gasteiger partial charge in [-0.3, -0.25) is 4.79 Å². The van der Waals surface area contributed by atoms with Crippen LogP contribution in [-0.2, 0) is 4.79 Å². The van der Waals surface area contributed by atoms with E-state index in [1.807, 2.05) is 0 Å². The van der Waals surface area contributed by atoms with Crippen molar-refractivity contribution >= 4 is 6.41 Å². The molecule has 0 spiro atoms. The summed E-state index contributed by atoms with van der Waals surface area (Å²) in [6, 6.07) is 0.275. The van der Waals surface area contributed by atoms with Gasteiger partial charge in [-0.15, -0.1) is 0 Å². The lowest BCUT2D eigenvalue weighted by Gasteiger charge is -2.07. The maximum absolute atomic E-state index is 10.0. The van der Waals surface area contributed by atoms with E-state index in [2.05, 4.69) is 15.8 Å². The summed E-state index contributed by atoms with van der Waals surface area (Å²) in [6.07, 6.45) is 3.87. The lowest BCUT2D eigenvalue weighted by Crippen LogP contribution is -2.23. The van der Waals surface area contributed by atoms with Crippen LogP contribution in [0.4, 0.5) is 0 Å². The molecule has 14 heavy (non-hydrogen) atoms. The van der Waals surface area contributed by atoms with Crippen LogP contribution in [0.3, 0.4) is 0 Å². The molecule has 1 heterocycles. The van der Waals surface area contributed by atoms with Crippen LogP contribution in [0.5, 0.6) is 0 Å². The van der Waals surface area contributed by atoms with Gasteiger partial charge in [0.25, 0.3) is 0 Å². The zero-order valence-corrected chi connectivity index (χ0v) is 8.24. The number of nitrogens with zero attached hydrogens (tertiary/aromatic N) is 1. The van der Waals surface area contributed by atoms with Crippen molar-refractivity contribution in [2.75, 3.05) is 19.6 Å². The smallest absolute Gasteiger partial charge is 0.207 e. The molecule has 1 fully saturated rings. The quantitative estimate of drug-likeness (QED) is 0.351. The molecule has 1 saturated heterocycles. The topological polar surface area (TPSA) is 70.6 Å². The molecule has 2 atom stereocenters. The van der Waals surface area contributed by atoms with Crippen LogP contribution >= 0.6 is 0 Å². The predicted molar refractivity (Wildman–Crippen MR) is 53.9 cm³/mol. The Balaban J connectivity index is 2.03. The van der Waals surface area contributed by atoms with Crippen molar-refractivity contribution in [2.45, 2.75) is 25.3 Å². The van der Waals surface area contributed by atoms with Crippen LogP contribution in [0.2, 0.25) is 0 Å². The minimum atomic E-state index is 0.275. The molecule has 1 aliphatic rings. The van der Waals surface area contributed by atoms with E-state index in [4.69, 9.17) is 0 Å². The first-order chi connectivity index (χ1) is 6.86. The van der Waals surface area contributed by atoms with E-state index in [0.717, 1.165) is 38.8 Å². The van der Waals surface area contributed by atoms with Gasteiger partial charge >= 0.3 is 0 Å². The van der Waals surface area contributed by atoms with Gasteiger partial charge in [0, 0.05) is 12.6 Å². The minimum Gasteiger partial charge on any atom is -0.359 e. The van der Waals surface area contributed by atoms with Gasteiger partial charge < -0.3 is 10.6 Å². The summed E-state index contributed by atoms with van der Waals surface area (Å²) in [4.78, 5) is 20.0. The first-order valence-corrected chi connectivity index (χ1v) is 5.06. The van der Waals surface area contributed by atoms with Gasteiger partial charge in [0.1, 0.15) is 0 Å². The van der Waals surface area contributed by atoms with Crippen LogP contribution in [0, 0.1) is 10.8 Å². The highest BCUT2D eigenvalue weighted by molar-refractivity contribution is 5.45. The maximum atomic E-state index is 10.0. The number of rotatable bonds is 7. The molecule has 0 aromatic carbocycles. The van der Waals surface area contributed by atoms with Gasteiger partial charge in [-0.25, -0.2) is 0 Å². The Morgan fingerprint density at radius 2 is 2.43 bits per heavy atom. The largest absolute Gasteiger partial charge is 0.359 e. The number of amides is 1. The SMILES string of the molecule is O=CNCCCC1CNC(CN=O)C1. The molecule has 0 aliphatic carbocycles. The minimum absolute atomic E-state index is 0.275. The molecule has 5 heteroatoms. The van der Waals surface area contributed by atoms with Gasteiger partial charge in [-0.2, -0.15) is 4.91 Å². The average molecular weight is 199 g/mol. The van der Waals surface area contributed by atoms with E-state index in [-0.39, 0.29) is 6.04 Å². The maximum Gasteiger partial charge on any atom is 0.207 e. The van der Waals surface area contributed by atoms with Crippen molar-refractivity contribution in [1.82, 2.24) is 10.6 Å². The van der Waals surface area contributed by atoms with Crippen molar-refractivity contribution < 1.29 is 4.79 Å². The molecule has 2 unspecified atom stereocenters. The molecule has 5 nitrogen and oxygen atoms in total. The van der Waals surface area contributed by atoms with E-state index in [9.17, 15) is 9.70 Å². The fourth-order valence-electron chi connectivity index (χ4n) is 1.90. The van der Waals surface area contributed by atoms with Crippen LogP contribution in [0.1, 0.15) is 19.3 Å². The van der Waals surface area contributed by atoms with Crippen LogP contribution in [0.15, 0.2) is 5.18 Å². The summed E-state index contributed by atoms with van der Waals surface area (Å²) >= 11 is 0. The second-order valence-corrected chi connectivity index (χ2v) is 3.73. The number of carbonyl (C=O) groups excluding carboxylic acids is 1. The summed E-state index contributed by atoms with van der Waals surface area (Å²) in [5.74, 6) is 0.634. The summed E-state index contributed by atoms with van der Waals surface area (Å²) in [5, 5.41) is 8.79. The third-order valence-corrected chi connectivity index (χ3v) is 2.62. The highest BCUT2D eigenvalue weighted by Crippen LogP contribution is 2.18. The molecule has 0 saturated carbocycles. The van der Waals surface area contributed by atoms with Crippen LogP contribution < -0.4 is 10.6 Å². The van der Waals surface area contributed by atoms with Gasteiger partial charge in [-0.05, 0) is 31.7 Å². The molecule has 0 aromatic heterocycles. The fraction of sp³-hybridized carbons (Fsp3) is 0.889. The third kappa shape index (κ3) is 3.83. The number of nitrogens with one attached hydrogen (secondary N) is 2. The molecular weight excluding hydrogens is 182 g/mol. The molecule has 0 aromatic rings. The number of hydrogen-bond acceptors (Lipinski definition) is 4. The Labute approximate surface area is 83.6 Å². The summed E-state index contributed by atoms with van der Waals surface area (Å²) < 4.78 is 0. The molecule has 2 N–H and O–H groups in total. The summed E-state index contributed by atoms with van der Waals surface area (Å²) in [7, 11) is 0. The van der Waals surface area contributed by atoms with Crippen molar-refractivity contribution in [3.8, 4) is 0 Å². The molecular formula is C9H17N3O2. The molecule has 1 amide bonds. The highest BCUT2D eigenvalue weighted by atomic mass is 16.3. The number of carbonyl (C=O) groups is 1. The molecule has 0 bridgehead atoms. The molecule has 80 valence electrons. The van der Waals surface area contributed by atoms with Crippen molar-refractivity contribution in [2.24, 2.45) is 11.1 Å². The van der Waals surface area contributed by atoms with E-state index in [0.29, 0.717) is 12.5 Å². The first kappa shape index (κ1) is 11.1. The molecule has 1 aliphatic heterocycles. The Morgan fingerprint density at radius 3 is 3.14 bits per heavy atom. The Kier molecular flexibility index (Phi) is 5.14. The second kappa shape index (κ2) is 6.48. The van der Waals surface area contributed by atoms with Crippen LogP contribution in [-0.4, -0.2) is 32.1 Å². The van der Waals surface area contributed by atoms with E-state index >= 15 is 0 Å². The van der Waals surface area contributed by atoms with E-state index < -0.39 is 0 Å². The second-order valence-electron chi connectivity index (χ2n) is 3.73. The monoisotopic (exact) mass is 199 g/mol. The summed E-state index contributed by atoms with van der Waals surface area (Å²) in [6.45, 7) is 2.10. The van der Waals surface area contributed by atoms with Gasteiger partial charge in [0.05, 0.1) is 6.54 Å². The number of nitroso groups, excluding NO2 is 1. The van der Waals surface area contributed by atoms with E-state index in [1.54, 1.807) is 0 Å². The normalized spacial score (nSPS) is 26.0. The first-order valence-electron chi connectivity index (χ1n) is 5.06. The third-order valence-electron chi connectivity index (χ3n) is 2.62. The molecule has 0 radical (unpaired) electrons. The van der Waals surface area contributed by atoms with Crippen molar-refractivity contribution in [3.05, 3.63) is 4.91 Å². The Hall–Kier alpha value is -0.970. The molecule has 1 rings (SSSR count). The Bertz CT molecular complexity index is 187. The highest BCUT2D eigenvalue weighted by Gasteiger charge is 2.23. The fourth-order valence-corrected chi connectivity index (χ4v) is 1.90. The van der Waals surface area contributed by atoms with Gasteiger partial charge in [0.15, 0.2) is 0 Å². The van der Waals surface area contributed by atoms with Crippen molar-refractivity contribution in [3.63, 3.8) is 0 Å². The number of hydrogen-bond donors (Lipinski definition) is 2. The average Bonchev–Trinajstić information content (AvgIpc) is 2.61. The predicted octanol–water partition coefficient (Wildman–Crippen LogP) is 0.257. The standard InChI is InChI=1S/C9H17N3O2/c13-7-10-3-1-2-8-4-9(6-12-14)11-5-8/h7-9,11H,1-6H2,(H,10,13). The van der Waals surface area contributed by atoms with Gasteiger partial charge in [0.2, 0.25) is 6.41 Å². The van der Waals surface area contributed by atoms with Crippen molar-refractivity contribution in [1.29, 1.82) is 0 Å². The zero-order chi connectivity index (χ0) is 10.2. The summed E-state index contributed by atoms with van der Waals surface area (Å²) in [5.41, 5.74) is 0. The van der Waals surface area contributed by atoms with Crippen LogP contribution in [0.25, 0.3) is 0 Å². The van der Waals surface area contributed by atoms with E-state index in [1.165, 1.54) is 0 Å². The zero-order valence-electron chi connectivity index (χ0n) is 8.24. The Morgan fingerprint density at radius 1 is 1.57 bits per heavy atom. The van der Waals surface area contributed by atoms with Gasteiger partial charge in [-0.1, -0.05) is 5.18 Å². The lowest BCUT2D eigenvalue weighted by molar-refractivity contribution is -0.109.